The van der Waals surface area contributed by atoms with Crippen LogP contribution in [-0.4, -0.2) is 24.2 Å². The van der Waals surface area contributed by atoms with Gasteiger partial charge in [-0.05, 0) is 40.0 Å². The Morgan fingerprint density at radius 2 is 2.31 bits per heavy atom. The van der Waals surface area contributed by atoms with Crippen molar-refractivity contribution in [2.24, 2.45) is 5.92 Å². The number of benzene rings is 1. The van der Waals surface area contributed by atoms with Crippen LogP contribution in [0.3, 0.4) is 0 Å². The maximum absolute atomic E-state index is 11.8. The highest BCUT2D eigenvalue weighted by molar-refractivity contribution is 9.10. The van der Waals surface area contributed by atoms with Gasteiger partial charge in [0.1, 0.15) is 0 Å². The summed E-state index contributed by atoms with van der Waals surface area (Å²) in [5.74, 6) is -0.156. The number of carbonyl (C=O) groups excluding carboxylic acids is 1. The fraction of sp³-hybridized carbons (Fsp3) is 0.364. The molecular weight excluding hydrogens is 293 g/mol. The molecule has 88 valence electrons. The van der Waals surface area contributed by atoms with Gasteiger partial charge in [0.2, 0.25) is 0 Å². The summed E-state index contributed by atoms with van der Waals surface area (Å²) in [6.07, 6.45) is 0. The third-order valence-electron chi connectivity index (χ3n) is 2.10. The van der Waals surface area contributed by atoms with E-state index >= 15 is 0 Å². The standard InChI is InChI=1S/C11H13BrClNO2/c1-7(6-15)5-14-11(16)9-4-8(13)2-3-10(9)12/h2-4,7,15H,5-6H2,1H3,(H,14,16). The Morgan fingerprint density at radius 3 is 2.94 bits per heavy atom. The molecule has 0 aromatic heterocycles. The van der Waals surface area contributed by atoms with Crippen molar-refractivity contribution in [2.45, 2.75) is 6.92 Å². The number of hydrogen-bond acceptors (Lipinski definition) is 2. The summed E-state index contributed by atoms with van der Waals surface area (Å²) in [5.41, 5.74) is 0.498. The lowest BCUT2D eigenvalue weighted by molar-refractivity contribution is 0.0941. The Kier molecular flexibility index (Phi) is 5.25. The largest absolute Gasteiger partial charge is 0.396 e. The Balaban J connectivity index is 2.69. The lowest BCUT2D eigenvalue weighted by Gasteiger charge is -2.10. The Hall–Kier alpha value is -0.580. The van der Waals surface area contributed by atoms with Crippen molar-refractivity contribution in [1.29, 1.82) is 0 Å². The van der Waals surface area contributed by atoms with Crippen molar-refractivity contribution in [1.82, 2.24) is 5.32 Å². The van der Waals surface area contributed by atoms with E-state index in [-0.39, 0.29) is 18.4 Å². The van der Waals surface area contributed by atoms with Crippen LogP contribution in [0.15, 0.2) is 22.7 Å². The molecule has 1 unspecified atom stereocenters. The summed E-state index contributed by atoms with van der Waals surface area (Å²) in [6.45, 7) is 2.35. The second-order valence-corrected chi connectivity index (χ2v) is 4.91. The lowest BCUT2D eigenvalue weighted by Crippen LogP contribution is -2.29. The summed E-state index contributed by atoms with van der Waals surface area (Å²) >= 11 is 9.10. The Bertz CT molecular complexity index is 384. The molecule has 5 heteroatoms. The fourth-order valence-electron chi connectivity index (χ4n) is 1.10. The maximum atomic E-state index is 11.8. The van der Waals surface area contributed by atoms with E-state index in [1.165, 1.54) is 0 Å². The first-order chi connectivity index (χ1) is 7.54. The minimum absolute atomic E-state index is 0.0434. The summed E-state index contributed by atoms with van der Waals surface area (Å²) in [5, 5.41) is 12.1. The van der Waals surface area contributed by atoms with Gasteiger partial charge in [0.25, 0.3) is 5.91 Å². The monoisotopic (exact) mass is 305 g/mol. The zero-order chi connectivity index (χ0) is 12.1. The Labute approximate surface area is 108 Å². The van der Waals surface area contributed by atoms with Crippen molar-refractivity contribution < 1.29 is 9.90 Å². The van der Waals surface area contributed by atoms with Crippen molar-refractivity contribution in [3.63, 3.8) is 0 Å². The van der Waals surface area contributed by atoms with Gasteiger partial charge in [-0.15, -0.1) is 0 Å². The smallest absolute Gasteiger partial charge is 0.252 e. The van der Waals surface area contributed by atoms with Gasteiger partial charge in [-0.1, -0.05) is 18.5 Å². The van der Waals surface area contributed by atoms with Crippen LogP contribution < -0.4 is 5.32 Å². The summed E-state index contributed by atoms with van der Waals surface area (Å²) in [7, 11) is 0. The van der Waals surface area contributed by atoms with Crippen LogP contribution >= 0.6 is 27.5 Å². The first-order valence-electron chi connectivity index (χ1n) is 4.88. The van der Waals surface area contributed by atoms with Crippen molar-refractivity contribution in [2.75, 3.05) is 13.2 Å². The number of aliphatic hydroxyl groups excluding tert-OH is 1. The molecule has 0 saturated carbocycles. The van der Waals surface area contributed by atoms with Crippen LogP contribution in [0.4, 0.5) is 0 Å². The normalized spacial score (nSPS) is 12.2. The number of nitrogens with one attached hydrogen (secondary N) is 1. The second-order valence-electron chi connectivity index (χ2n) is 3.62. The molecule has 0 saturated heterocycles. The van der Waals surface area contributed by atoms with Gasteiger partial charge in [0, 0.05) is 22.6 Å². The molecule has 0 bridgehead atoms. The molecular formula is C11H13BrClNO2. The molecule has 0 aliphatic rings. The van der Waals surface area contributed by atoms with Gasteiger partial charge in [-0.25, -0.2) is 0 Å². The third kappa shape index (κ3) is 3.77. The minimum Gasteiger partial charge on any atom is -0.396 e. The van der Waals surface area contributed by atoms with Crippen LogP contribution in [0.5, 0.6) is 0 Å². The average molecular weight is 307 g/mol. The topological polar surface area (TPSA) is 49.3 Å². The van der Waals surface area contributed by atoms with Crippen molar-refractivity contribution in [3.8, 4) is 0 Å². The molecule has 1 amide bonds. The van der Waals surface area contributed by atoms with Gasteiger partial charge in [-0.3, -0.25) is 4.79 Å². The molecule has 1 aromatic carbocycles. The highest BCUT2D eigenvalue weighted by Crippen LogP contribution is 2.20. The molecule has 0 heterocycles. The predicted molar refractivity (Wildman–Crippen MR) is 67.7 cm³/mol. The molecule has 1 rings (SSSR count). The second kappa shape index (κ2) is 6.23. The zero-order valence-corrected chi connectivity index (χ0v) is 11.2. The van der Waals surface area contributed by atoms with E-state index in [1.54, 1.807) is 18.2 Å². The molecule has 1 aromatic rings. The van der Waals surface area contributed by atoms with Gasteiger partial charge in [0.15, 0.2) is 0 Å². The number of hydrogen-bond donors (Lipinski definition) is 2. The summed E-state index contributed by atoms with van der Waals surface area (Å²) in [6, 6.07) is 5.04. The average Bonchev–Trinajstić information content (AvgIpc) is 2.28. The number of amides is 1. The van der Waals surface area contributed by atoms with Crippen LogP contribution in [0, 0.1) is 5.92 Å². The van der Waals surface area contributed by atoms with Crippen LogP contribution in [0.1, 0.15) is 17.3 Å². The first kappa shape index (κ1) is 13.5. The number of halogens is 2. The summed E-state index contributed by atoms with van der Waals surface area (Å²) < 4.78 is 0.700. The van der Waals surface area contributed by atoms with E-state index in [4.69, 9.17) is 16.7 Å². The van der Waals surface area contributed by atoms with E-state index in [0.717, 1.165) is 0 Å². The quantitative estimate of drug-likeness (QED) is 0.898. The fourth-order valence-corrected chi connectivity index (χ4v) is 1.70. The van der Waals surface area contributed by atoms with Crippen LogP contribution in [0.2, 0.25) is 5.02 Å². The molecule has 0 fully saturated rings. The molecule has 0 spiro atoms. The molecule has 0 aliphatic carbocycles. The molecule has 0 aliphatic heterocycles. The molecule has 16 heavy (non-hydrogen) atoms. The molecule has 3 nitrogen and oxygen atoms in total. The van der Waals surface area contributed by atoms with Gasteiger partial charge in [0.05, 0.1) is 5.56 Å². The van der Waals surface area contributed by atoms with E-state index < -0.39 is 0 Å². The molecule has 1 atom stereocenters. The Morgan fingerprint density at radius 1 is 1.62 bits per heavy atom. The third-order valence-corrected chi connectivity index (χ3v) is 3.02. The van der Waals surface area contributed by atoms with Gasteiger partial charge >= 0.3 is 0 Å². The van der Waals surface area contributed by atoms with Gasteiger partial charge in [-0.2, -0.15) is 0 Å². The van der Waals surface area contributed by atoms with Gasteiger partial charge < -0.3 is 10.4 Å². The predicted octanol–water partition coefficient (Wildman–Crippen LogP) is 2.46. The number of rotatable bonds is 4. The van der Waals surface area contributed by atoms with E-state index in [2.05, 4.69) is 21.2 Å². The van der Waals surface area contributed by atoms with E-state index in [0.29, 0.717) is 21.6 Å². The SMILES string of the molecule is CC(CO)CNC(=O)c1cc(Cl)ccc1Br. The molecule has 2 N–H and O–H groups in total. The number of aliphatic hydroxyl groups is 1. The molecule has 0 radical (unpaired) electrons. The maximum Gasteiger partial charge on any atom is 0.252 e. The number of carbonyl (C=O) groups is 1. The van der Waals surface area contributed by atoms with E-state index in [9.17, 15) is 4.79 Å². The highest BCUT2D eigenvalue weighted by Gasteiger charge is 2.11. The highest BCUT2D eigenvalue weighted by atomic mass is 79.9. The zero-order valence-electron chi connectivity index (χ0n) is 8.84. The lowest BCUT2D eigenvalue weighted by atomic mass is 10.1. The van der Waals surface area contributed by atoms with Crippen LogP contribution in [-0.2, 0) is 0 Å². The summed E-state index contributed by atoms with van der Waals surface area (Å²) in [4.78, 5) is 11.8. The van der Waals surface area contributed by atoms with Crippen LogP contribution in [0.25, 0.3) is 0 Å². The van der Waals surface area contributed by atoms with E-state index in [1.807, 2.05) is 6.92 Å². The first-order valence-corrected chi connectivity index (χ1v) is 6.05. The minimum atomic E-state index is -0.199. The van der Waals surface area contributed by atoms with Crippen molar-refractivity contribution in [3.05, 3.63) is 33.3 Å². The van der Waals surface area contributed by atoms with Crippen molar-refractivity contribution >= 4 is 33.4 Å².